The van der Waals surface area contributed by atoms with Gasteiger partial charge in [0.1, 0.15) is 0 Å². The molecule has 0 N–H and O–H groups in total. The van der Waals surface area contributed by atoms with Gasteiger partial charge < -0.3 is 0 Å². The second-order valence-electron chi connectivity index (χ2n) is 9.16. The second kappa shape index (κ2) is 9.59. The molecule has 2 aromatic carbocycles. The Morgan fingerprint density at radius 1 is 0.643 bits per heavy atom. The molecule has 0 unspecified atom stereocenters. The third-order valence-electron chi connectivity index (χ3n) is 7.33. The van der Waals surface area contributed by atoms with Gasteiger partial charge in [-0.3, -0.25) is 0 Å². The van der Waals surface area contributed by atoms with Gasteiger partial charge in [-0.05, 0) is 91.4 Å². The average Bonchev–Trinajstić information content (AvgIpc) is 2.79. The van der Waals surface area contributed by atoms with Crippen LogP contribution in [0.3, 0.4) is 0 Å². The summed E-state index contributed by atoms with van der Waals surface area (Å²) in [6.45, 7) is 3.87. The minimum absolute atomic E-state index is 0.766. The molecule has 28 heavy (non-hydrogen) atoms. The Labute approximate surface area is 172 Å². The molecule has 2 aliphatic rings. The normalized spacial score (nSPS) is 23.4. The number of benzene rings is 2. The maximum Gasteiger partial charge on any atom is -0.0162 e. The number of allylic oxidation sites excluding steroid dienone is 1. The molecular formula is C28H36. The van der Waals surface area contributed by atoms with Gasteiger partial charge in [0.15, 0.2) is 0 Å². The van der Waals surface area contributed by atoms with Crippen molar-refractivity contribution in [3.63, 3.8) is 0 Å². The van der Waals surface area contributed by atoms with Crippen molar-refractivity contribution in [3.05, 3.63) is 72.3 Å². The minimum atomic E-state index is 0.766. The Morgan fingerprint density at radius 2 is 1.14 bits per heavy atom. The standard InChI is InChI=1S/C28H36/c1-2-3-7-22-10-12-24(13-11-22)26-18-20-28(21-19-26)27-16-14-25(15-17-27)23-8-5-4-6-9-23/h2,14-24H,1,3-13H2. The summed E-state index contributed by atoms with van der Waals surface area (Å²) in [6.07, 6.45) is 17.1. The van der Waals surface area contributed by atoms with Gasteiger partial charge in [0, 0.05) is 0 Å². The van der Waals surface area contributed by atoms with E-state index in [0.29, 0.717) is 0 Å². The molecule has 2 aromatic rings. The highest BCUT2D eigenvalue weighted by Gasteiger charge is 2.22. The highest BCUT2D eigenvalue weighted by Crippen LogP contribution is 2.38. The van der Waals surface area contributed by atoms with Gasteiger partial charge in [0.2, 0.25) is 0 Å². The fourth-order valence-electron chi connectivity index (χ4n) is 5.47. The molecule has 0 nitrogen and oxygen atoms in total. The van der Waals surface area contributed by atoms with E-state index < -0.39 is 0 Å². The van der Waals surface area contributed by atoms with E-state index in [0.717, 1.165) is 17.8 Å². The van der Waals surface area contributed by atoms with Crippen LogP contribution in [0.1, 0.15) is 93.6 Å². The highest BCUT2D eigenvalue weighted by molar-refractivity contribution is 5.64. The van der Waals surface area contributed by atoms with E-state index >= 15 is 0 Å². The predicted molar refractivity (Wildman–Crippen MR) is 122 cm³/mol. The van der Waals surface area contributed by atoms with Crippen LogP contribution >= 0.6 is 0 Å². The summed E-state index contributed by atoms with van der Waals surface area (Å²) in [4.78, 5) is 0. The zero-order valence-electron chi connectivity index (χ0n) is 17.4. The van der Waals surface area contributed by atoms with Crippen molar-refractivity contribution in [1.29, 1.82) is 0 Å². The molecule has 0 radical (unpaired) electrons. The summed E-state index contributed by atoms with van der Waals surface area (Å²) in [5.41, 5.74) is 5.82. The first kappa shape index (κ1) is 19.5. The SMILES string of the molecule is C=CCCC1CCC(c2ccc(-c3ccc(C4CCCCC4)cc3)cc2)CC1. The van der Waals surface area contributed by atoms with Gasteiger partial charge in [0.25, 0.3) is 0 Å². The molecule has 0 saturated heterocycles. The topological polar surface area (TPSA) is 0 Å². The molecular weight excluding hydrogens is 336 g/mol. The maximum atomic E-state index is 3.87. The Hall–Kier alpha value is -1.82. The quantitative estimate of drug-likeness (QED) is 0.445. The molecule has 0 spiro atoms. The Kier molecular flexibility index (Phi) is 6.68. The summed E-state index contributed by atoms with van der Waals surface area (Å²) in [5.74, 6) is 2.49. The van der Waals surface area contributed by atoms with Gasteiger partial charge in [-0.15, -0.1) is 6.58 Å². The molecule has 0 aromatic heterocycles. The van der Waals surface area contributed by atoms with Crippen molar-refractivity contribution in [2.45, 2.75) is 82.5 Å². The van der Waals surface area contributed by atoms with Crippen LogP contribution in [-0.4, -0.2) is 0 Å². The smallest absolute Gasteiger partial charge is 0.0162 e. The van der Waals surface area contributed by atoms with Crippen LogP contribution in [0.5, 0.6) is 0 Å². The van der Waals surface area contributed by atoms with Crippen molar-refractivity contribution in [2.24, 2.45) is 5.92 Å². The molecule has 2 aliphatic carbocycles. The van der Waals surface area contributed by atoms with Crippen molar-refractivity contribution in [1.82, 2.24) is 0 Å². The zero-order valence-corrected chi connectivity index (χ0v) is 17.4. The lowest BCUT2D eigenvalue weighted by molar-refractivity contribution is 0.312. The lowest BCUT2D eigenvalue weighted by Crippen LogP contribution is -2.13. The van der Waals surface area contributed by atoms with Crippen LogP contribution in [0.25, 0.3) is 11.1 Å². The van der Waals surface area contributed by atoms with E-state index in [1.807, 2.05) is 0 Å². The molecule has 148 valence electrons. The van der Waals surface area contributed by atoms with E-state index in [1.165, 1.54) is 81.8 Å². The third-order valence-corrected chi connectivity index (χ3v) is 7.33. The summed E-state index contributed by atoms with van der Waals surface area (Å²) in [6, 6.07) is 18.9. The first-order chi connectivity index (χ1) is 13.8. The van der Waals surface area contributed by atoms with Gasteiger partial charge in [-0.1, -0.05) is 73.9 Å². The van der Waals surface area contributed by atoms with Crippen molar-refractivity contribution >= 4 is 0 Å². The Balaban J connectivity index is 1.36. The Morgan fingerprint density at radius 3 is 1.64 bits per heavy atom. The molecule has 0 aliphatic heterocycles. The monoisotopic (exact) mass is 372 g/mol. The first-order valence-electron chi connectivity index (χ1n) is 11.6. The van der Waals surface area contributed by atoms with Gasteiger partial charge in [0.05, 0.1) is 0 Å². The summed E-state index contributed by atoms with van der Waals surface area (Å²) >= 11 is 0. The average molecular weight is 373 g/mol. The summed E-state index contributed by atoms with van der Waals surface area (Å²) in [7, 11) is 0. The van der Waals surface area contributed by atoms with Crippen LogP contribution in [0.2, 0.25) is 0 Å². The second-order valence-corrected chi connectivity index (χ2v) is 9.16. The van der Waals surface area contributed by atoms with E-state index in [4.69, 9.17) is 0 Å². The summed E-state index contributed by atoms with van der Waals surface area (Å²) in [5, 5.41) is 0. The number of hydrogen-bond acceptors (Lipinski definition) is 0. The van der Waals surface area contributed by atoms with Crippen LogP contribution < -0.4 is 0 Å². The molecule has 0 heterocycles. The molecule has 4 rings (SSSR count). The van der Waals surface area contributed by atoms with E-state index in [-0.39, 0.29) is 0 Å². The molecule has 0 amide bonds. The van der Waals surface area contributed by atoms with Crippen molar-refractivity contribution in [3.8, 4) is 11.1 Å². The largest absolute Gasteiger partial charge is 0.103 e. The molecule has 0 atom stereocenters. The maximum absolute atomic E-state index is 3.87. The minimum Gasteiger partial charge on any atom is -0.103 e. The third kappa shape index (κ3) is 4.77. The molecule has 0 bridgehead atoms. The molecule has 2 fully saturated rings. The van der Waals surface area contributed by atoms with Crippen molar-refractivity contribution in [2.75, 3.05) is 0 Å². The predicted octanol–water partition coefficient (Wildman–Crippen LogP) is 8.64. The van der Waals surface area contributed by atoms with Gasteiger partial charge >= 0.3 is 0 Å². The van der Waals surface area contributed by atoms with Crippen molar-refractivity contribution < 1.29 is 0 Å². The van der Waals surface area contributed by atoms with Crippen LogP contribution in [0.15, 0.2) is 61.2 Å². The fourth-order valence-corrected chi connectivity index (χ4v) is 5.47. The van der Waals surface area contributed by atoms with E-state index in [9.17, 15) is 0 Å². The van der Waals surface area contributed by atoms with Gasteiger partial charge in [-0.2, -0.15) is 0 Å². The van der Waals surface area contributed by atoms with Gasteiger partial charge in [-0.25, -0.2) is 0 Å². The summed E-state index contributed by atoms with van der Waals surface area (Å²) < 4.78 is 0. The fraction of sp³-hybridized carbons (Fsp3) is 0.500. The van der Waals surface area contributed by atoms with E-state index in [2.05, 4.69) is 61.2 Å². The Bertz CT molecular complexity index is 723. The zero-order chi connectivity index (χ0) is 19.2. The van der Waals surface area contributed by atoms with Crippen LogP contribution in [-0.2, 0) is 0 Å². The van der Waals surface area contributed by atoms with Crippen LogP contribution in [0, 0.1) is 5.92 Å². The molecule has 2 saturated carbocycles. The number of hydrogen-bond donors (Lipinski definition) is 0. The molecule has 0 heteroatoms. The number of rotatable bonds is 6. The lowest BCUT2D eigenvalue weighted by atomic mass is 9.77. The van der Waals surface area contributed by atoms with E-state index in [1.54, 1.807) is 11.1 Å². The highest BCUT2D eigenvalue weighted by atomic mass is 14.3. The first-order valence-corrected chi connectivity index (χ1v) is 11.6. The van der Waals surface area contributed by atoms with Crippen LogP contribution in [0.4, 0.5) is 0 Å². The lowest BCUT2D eigenvalue weighted by Gasteiger charge is -2.28.